The van der Waals surface area contributed by atoms with E-state index in [4.69, 9.17) is 5.26 Å². The summed E-state index contributed by atoms with van der Waals surface area (Å²) >= 11 is 0. The SMILES string of the molecule is N#Cc1ncn(CC(=O)NCCn2c3ccccc3c3ccccc32)n1. The molecule has 0 saturated carbocycles. The quantitative estimate of drug-likeness (QED) is 0.600. The van der Waals surface area contributed by atoms with Crippen LogP contribution in [-0.4, -0.2) is 31.8 Å². The van der Waals surface area contributed by atoms with E-state index in [0.717, 1.165) is 11.0 Å². The fourth-order valence-corrected chi connectivity index (χ4v) is 3.18. The highest BCUT2D eigenvalue weighted by Crippen LogP contribution is 2.28. The summed E-state index contributed by atoms with van der Waals surface area (Å²) < 4.78 is 3.57. The van der Waals surface area contributed by atoms with E-state index in [-0.39, 0.29) is 18.3 Å². The third-order valence-electron chi connectivity index (χ3n) is 4.28. The summed E-state index contributed by atoms with van der Waals surface area (Å²) in [4.78, 5) is 15.9. The number of para-hydroxylation sites is 2. The number of aromatic nitrogens is 4. The minimum absolute atomic E-state index is 0.0435. The largest absolute Gasteiger partial charge is 0.353 e. The van der Waals surface area contributed by atoms with Crippen molar-refractivity contribution in [2.45, 2.75) is 13.1 Å². The van der Waals surface area contributed by atoms with Gasteiger partial charge in [-0.15, -0.1) is 5.10 Å². The van der Waals surface area contributed by atoms with Crippen LogP contribution in [0.25, 0.3) is 21.8 Å². The number of benzene rings is 2. The van der Waals surface area contributed by atoms with Gasteiger partial charge in [0.25, 0.3) is 5.82 Å². The first-order chi connectivity index (χ1) is 12.8. The molecule has 4 aromatic rings. The molecule has 0 aliphatic carbocycles. The van der Waals surface area contributed by atoms with Gasteiger partial charge in [0.2, 0.25) is 5.91 Å². The maximum absolute atomic E-state index is 12.1. The molecule has 26 heavy (non-hydrogen) atoms. The molecule has 2 aromatic carbocycles. The van der Waals surface area contributed by atoms with Crippen molar-refractivity contribution in [2.24, 2.45) is 0 Å². The molecule has 4 rings (SSSR count). The standard InChI is InChI=1S/C19H16N6O/c20-11-18-22-13-24(23-18)12-19(26)21-9-10-25-16-7-3-1-5-14(16)15-6-2-4-8-17(15)25/h1-8,13H,9-10,12H2,(H,21,26). The molecule has 2 aromatic heterocycles. The molecule has 0 unspecified atom stereocenters. The predicted octanol–water partition coefficient (Wildman–Crippen LogP) is 2.07. The maximum Gasteiger partial charge on any atom is 0.252 e. The highest BCUT2D eigenvalue weighted by Gasteiger charge is 2.10. The summed E-state index contributed by atoms with van der Waals surface area (Å²) in [6, 6.07) is 18.4. The van der Waals surface area contributed by atoms with Crippen LogP contribution in [0.1, 0.15) is 5.82 Å². The first kappa shape index (κ1) is 15.8. The number of hydrogen-bond acceptors (Lipinski definition) is 4. The number of amides is 1. The second kappa shape index (κ2) is 6.69. The van der Waals surface area contributed by atoms with Crippen LogP contribution in [-0.2, 0) is 17.9 Å². The number of carbonyl (C=O) groups is 1. The van der Waals surface area contributed by atoms with Gasteiger partial charge in [0.15, 0.2) is 0 Å². The monoisotopic (exact) mass is 344 g/mol. The molecule has 0 spiro atoms. The van der Waals surface area contributed by atoms with E-state index in [1.807, 2.05) is 30.3 Å². The number of nitrogens with zero attached hydrogens (tertiary/aromatic N) is 5. The van der Waals surface area contributed by atoms with E-state index in [0.29, 0.717) is 13.1 Å². The Morgan fingerprint density at radius 3 is 2.35 bits per heavy atom. The van der Waals surface area contributed by atoms with Crippen molar-refractivity contribution in [3.05, 3.63) is 60.7 Å². The molecular formula is C19H16N6O. The fourth-order valence-electron chi connectivity index (χ4n) is 3.18. The molecule has 0 aliphatic rings. The molecule has 1 amide bonds. The molecule has 0 bridgehead atoms. The molecule has 0 aliphatic heterocycles. The van der Waals surface area contributed by atoms with Crippen LogP contribution in [0.3, 0.4) is 0 Å². The van der Waals surface area contributed by atoms with E-state index >= 15 is 0 Å². The lowest BCUT2D eigenvalue weighted by Gasteiger charge is -2.09. The molecule has 128 valence electrons. The van der Waals surface area contributed by atoms with Crippen molar-refractivity contribution in [1.29, 1.82) is 5.26 Å². The van der Waals surface area contributed by atoms with Crippen LogP contribution in [0.2, 0.25) is 0 Å². The second-order valence-corrected chi connectivity index (χ2v) is 5.91. The van der Waals surface area contributed by atoms with Crippen LogP contribution in [0.5, 0.6) is 0 Å². The topological polar surface area (TPSA) is 88.5 Å². The molecule has 0 atom stereocenters. The Kier molecular flexibility index (Phi) is 4.07. The minimum atomic E-state index is -0.167. The Bertz CT molecular complexity index is 1080. The average molecular weight is 344 g/mol. The van der Waals surface area contributed by atoms with Gasteiger partial charge in [0.05, 0.1) is 0 Å². The number of nitrogens with one attached hydrogen (secondary N) is 1. The fraction of sp³-hybridized carbons (Fsp3) is 0.158. The van der Waals surface area contributed by atoms with Gasteiger partial charge in [-0.25, -0.2) is 9.67 Å². The average Bonchev–Trinajstić information content (AvgIpc) is 3.25. The van der Waals surface area contributed by atoms with Gasteiger partial charge in [-0.3, -0.25) is 4.79 Å². The number of carbonyl (C=O) groups excluding carboxylic acids is 1. The van der Waals surface area contributed by atoms with E-state index in [9.17, 15) is 4.79 Å². The number of rotatable bonds is 5. The summed E-state index contributed by atoms with van der Waals surface area (Å²) in [5.41, 5.74) is 2.30. The molecular weight excluding hydrogens is 328 g/mol. The van der Waals surface area contributed by atoms with E-state index in [2.05, 4.69) is 44.2 Å². The molecule has 0 radical (unpaired) electrons. The normalized spacial score (nSPS) is 10.9. The minimum Gasteiger partial charge on any atom is -0.353 e. The molecule has 0 fully saturated rings. The van der Waals surface area contributed by atoms with Crippen molar-refractivity contribution < 1.29 is 4.79 Å². The lowest BCUT2D eigenvalue weighted by molar-refractivity contribution is -0.121. The first-order valence-electron chi connectivity index (χ1n) is 8.28. The van der Waals surface area contributed by atoms with Gasteiger partial charge in [-0.2, -0.15) is 5.26 Å². The van der Waals surface area contributed by atoms with Gasteiger partial charge in [-0.05, 0) is 12.1 Å². The number of fused-ring (bicyclic) bond motifs is 3. The van der Waals surface area contributed by atoms with Gasteiger partial charge in [0.1, 0.15) is 18.9 Å². The maximum atomic E-state index is 12.1. The number of hydrogen-bond donors (Lipinski definition) is 1. The van der Waals surface area contributed by atoms with E-state index in [1.165, 1.54) is 21.8 Å². The Balaban J connectivity index is 1.47. The Hall–Kier alpha value is -3.66. The van der Waals surface area contributed by atoms with Gasteiger partial charge in [-0.1, -0.05) is 36.4 Å². The predicted molar refractivity (Wildman–Crippen MR) is 97.2 cm³/mol. The van der Waals surface area contributed by atoms with E-state index < -0.39 is 0 Å². The van der Waals surface area contributed by atoms with Crippen molar-refractivity contribution in [2.75, 3.05) is 6.54 Å². The molecule has 1 N–H and O–H groups in total. The van der Waals surface area contributed by atoms with Crippen LogP contribution in [0, 0.1) is 11.3 Å². The summed E-state index contributed by atoms with van der Waals surface area (Å²) in [7, 11) is 0. The van der Waals surface area contributed by atoms with Crippen LogP contribution in [0.15, 0.2) is 54.9 Å². The van der Waals surface area contributed by atoms with Gasteiger partial charge < -0.3 is 9.88 Å². The molecule has 7 heteroatoms. The highest BCUT2D eigenvalue weighted by molar-refractivity contribution is 6.07. The lowest BCUT2D eigenvalue weighted by Crippen LogP contribution is -2.30. The zero-order chi connectivity index (χ0) is 17.9. The Labute approximate surface area is 149 Å². The second-order valence-electron chi connectivity index (χ2n) is 5.91. The van der Waals surface area contributed by atoms with Crippen LogP contribution >= 0.6 is 0 Å². The molecule has 0 saturated heterocycles. The van der Waals surface area contributed by atoms with Crippen molar-refractivity contribution in [3.63, 3.8) is 0 Å². The Morgan fingerprint density at radius 2 is 1.73 bits per heavy atom. The van der Waals surface area contributed by atoms with E-state index in [1.54, 1.807) is 0 Å². The Morgan fingerprint density at radius 1 is 1.08 bits per heavy atom. The zero-order valence-corrected chi connectivity index (χ0v) is 14.0. The van der Waals surface area contributed by atoms with Crippen LogP contribution < -0.4 is 5.32 Å². The summed E-state index contributed by atoms with van der Waals surface area (Å²) in [5, 5.41) is 17.9. The van der Waals surface area contributed by atoms with Crippen molar-refractivity contribution in [3.8, 4) is 6.07 Å². The summed E-state index contributed by atoms with van der Waals surface area (Å²) in [6.45, 7) is 1.21. The summed E-state index contributed by atoms with van der Waals surface area (Å²) in [6.07, 6.45) is 1.38. The van der Waals surface area contributed by atoms with Gasteiger partial charge in [0, 0.05) is 34.9 Å². The van der Waals surface area contributed by atoms with Crippen LogP contribution in [0.4, 0.5) is 0 Å². The first-order valence-corrected chi connectivity index (χ1v) is 8.28. The van der Waals surface area contributed by atoms with Crippen molar-refractivity contribution in [1.82, 2.24) is 24.6 Å². The van der Waals surface area contributed by atoms with Gasteiger partial charge >= 0.3 is 0 Å². The van der Waals surface area contributed by atoms with Crippen molar-refractivity contribution >= 4 is 27.7 Å². The zero-order valence-electron chi connectivity index (χ0n) is 14.0. The highest BCUT2D eigenvalue weighted by atomic mass is 16.2. The summed E-state index contributed by atoms with van der Waals surface area (Å²) in [5.74, 6) is -0.108. The lowest BCUT2D eigenvalue weighted by atomic mass is 10.2. The number of nitriles is 1. The smallest absolute Gasteiger partial charge is 0.252 e. The third kappa shape index (κ3) is 2.89. The third-order valence-corrected chi connectivity index (χ3v) is 4.28. The molecule has 2 heterocycles. The molecule has 7 nitrogen and oxygen atoms in total.